The molecule has 0 spiro atoms. The van der Waals surface area contributed by atoms with Gasteiger partial charge in [0, 0.05) is 0 Å². The Hall–Kier alpha value is -1.20. The lowest BCUT2D eigenvalue weighted by molar-refractivity contribution is 0.303. The maximum atomic E-state index is 12.8. The summed E-state index contributed by atoms with van der Waals surface area (Å²) in [5.74, 6) is -0.566. The summed E-state index contributed by atoms with van der Waals surface area (Å²) < 4.78 is 55.8. The topological polar surface area (TPSA) is 9.23 Å². The molecule has 1 aromatic carbocycles. The molecule has 1 nitrogen and oxygen atoms in total. The molecule has 0 N–H and O–H groups in total. The Balaban J connectivity index is 2.08. The van der Waals surface area contributed by atoms with E-state index in [0.29, 0.717) is 12.0 Å². The molecule has 17 heavy (non-hydrogen) atoms. The average molecular weight is 247 g/mol. The lowest BCUT2D eigenvalue weighted by Gasteiger charge is -2.19. The highest BCUT2D eigenvalue weighted by molar-refractivity contribution is 6.74. The van der Waals surface area contributed by atoms with E-state index in [1.807, 2.05) is 0 Å². The molecule has 6 heteroatoms. The van der Waals surface area contributed by atoms with Crippen molar-refractivity contribution in [1.29, 1.82) is 0 Å². The van der Waals surface area contributed by atoms with Gasteiger partial charge in [-0.3, -0.25) is 0 Å². The van der Waals surface area contributed by atoms with Crippen LogP contribution in [0.2, 0.25) is 0 Å². The largest absolute Gasteiger partial charge is 0.513 e. The van der Waals surface area contributed by atoms with E-state index in [0.717, 1.165) is 31.4 Å². The van der Waals surface area contributed by atoms with Crippen molar-refractivity contribution in [2.24, 2.45) is 5.92 Å². The molecule has 0 aliphatic heterocycles. The Labute approximate surface area is 96.8 Å². The predicted molar refractivity (Wildman–Crippen MR) is 57.9 cm³/mol. The summed E-state index contributed by atoms with van der Waals surface area (Å²) in [7, 11) is 0. The fraction of sp³-hybridized carbons (Fsp3) is 0.455. The SMILES string of the molecule is Fc1ccc(OCCC2CC2)c([B-](F)(F)F)c1. The van der Waals surface area contributed by atoms with Gasteiger partial charge >= 0.3 is 6.98 Å². The van der Waals surface area contributed by atoms with Crippen LogP contribution >= 0.6 is 0 Å². The Kier molecular flexibility index (Phi) is 3.31. The maximum Gasteiger partial charge on any atom is 0.513 e. The smallest absolute Gasteiger partial charge is 0.497 e. The molecule has 0 saturated heterocycles. The fourth-order valence-electron chi connectivity index (χ4n) is 1.65. The molecule has 1 aromatic rings. The summed E-state index contributed by atoms with van der Waals surface area (Å²) in [5, 5.41) is 0. The van der Waals surface area contributed by atoms with E-state index in [9.17, 15) is 17.3 Å². The minimum absolute atomic E-state index is 0.259. The van der Waals surface area contributed by atoms with E-state index in [1.165, 1.54) is 0 Å². The lowest BCUT2D eigenvalue weighted by atomic mass is 9.79. The molecule has 1 aliphatic rings. The maximum absolute atomic E-state index is 12.8. The standard InChI is InChI=1S/C11H12BF4O/c13-9-3-4-11(10(7-9)12(14,15)16)17-6-5-8-1-2-8/h3-4,7-8H,1-2,5-6H2/q-1. The van der Waals surface area contributed by atoms with E-state index in [4.69, 9.17) is 4.74 Å². The van der Waals surface area contributed by atoms with Gasteiger partial charge in [0.05, 0.1) is 12.4 Å². The first-order valence-corrected chi connectivity index (χ1v) is 5.59. The molecule has 0 radical (unpaired) electrons. The van der Waals surface area contributed by atoms with Crippen LogP contribution in [0.4, 0.5) is 17.3 Å². The third-order valence-electron chi connectivity index (χ3n) is 2.81. The van der Waals surface area contributed by atoms with Gasteiger partial charge in [0.15, 0.2) is 0 Å². The van der Waals surface area contributed by atoms with Crippen molar-refractivity contribution in [3.05, 3.63) is 24.0 Å². The predicted octanol–water partition coefficient (Wildman–Crippen LogP) is 3.06. The Morgan fingerprint density at radius 1 is 1.24 bits per heavy atom. The second kappa shape index (κ2) is 4.59. The van der Waals surface area contributed by atoms with Crippen molar-refractivity contribution in [2.45, 2.75) is 19.3 Å². The van der Waals surface area contributed by atoms with Gasteiger partial charge in [0.2, 0.25) is 0 Å². The molecule has 1 aliphatic carbocycles. The van der Waals surface area contributed by atoms with Crippen molar-refractivity contribution in [3.8, 4) is 5.75 Å². The van der Waals surface area contributed by atoms with Crippen LogP contribution in [0.25, 0.3) is 0 Å². The third-order valence-corrected chi connectivity index (χ3v) is 2.81. The first kappa shape index (κ1) is 12.3. The summed E-state index contributed by atoms with van der Waals surface area (Å²) in [6, 6.07) is 2.52. The van der Waals surface area contributed by atoms with Crippen molar-refractivity contribution >= 4 is 12.4 Å². The van der Waals surface area contributed by atoms with E-state index in [2.05, 4.69) is 0 Å². The van der Waals surface area contributed by atoms with E-state index >= 15 is 0 Å². The third kappa shape index (κ3) is 3.38. The van der Waals surface area contributed by atoms with Crippen LogP contribution in [-0.4, -0.2) is 13.6 Å². The molecule has 1 fully saturated rings. The van der Waals surface area contributed by atoms with Crippen LogP contribution < -0.4 is 10.2 Å². The number of ether oxygens (including phenoxy) is 1. The van der Waals surface area contributed by atoms with Gasteiger partial charge in [-0.2, -0.15) is 0 Å². The normalized spacial score (nSPS) is 16.0. The van der Waals surface area contributed by atoms with Crippen molar-refractivity contribution in [1.82, 2.24) is 0 Å². The van der Waals surface area contributed by atoms with Crippen LogP contribution in [0.15, 0.2) is 18.2 Å². The zero-order chi connectivity index (χ0) is 12.5. The van der Waals surface area contributed by atoms with Crippen LogP contribution in [0, 0.1) is 11.7 Å². The van der Waals surface area contributed by atoms with Gasteiger partial charge in [0.25, 0.3) is 0 Å². The Morgan fingerprint density at radius 3 is 2.53 bits per heavy atom. The number of hydrogen-bond donors (Lipinski definition) is 0. The first-order chi connectivity index (χ1) is 7.97. The molecule has 1 saturated carbocycles. The van der Waals surface area contributed by atoms with Crippen molar-refractivity contribution < 1.29 is 22.1 Å². The number of rotatable bonds is 5. The minimum atomic E-state index is -5.24. The van der Waals surface area contributed by atoms with Gasteiger partial charge in [0.1, 0.15) is 5.82 Å². The molecular weight excluding hydrogens is 235 g/mol. The minimum Gasteiger partial charge on any atom is -0.497 e. The Bertz CT molecular complexity index is 401. The number of benzene rings is 1. The van der Waals surface area contributed by atoms with Gasteiger partial charge in [-0.1, -0.05) is 18.3 Å². The van der Waals surface area contributed by atoms with Gasteiger partial charge in [-0.25, -0.2) is 4.39 Å². The zero-order valence-corrected chi connectivity index (χ0v) is 9.14. The molecule has 0 atom stereocenters. The van der Waals surface area contributed by atoms with Gasteiger partial charge < -0.3 is 17.7 Å². The quantitative estimate of drug-likeness (QED) is 0.573. The first-order valence-electron chi connectivity index (χ1n) is 5.59. The number of hydrogen-bond acceptors (Lipinski definition) is 1. The summed E-state index contributed by atoms with van der Waals surface area (Å²) >= 11 is 0. The molecule has 0 bridgehead atoms. The highest BCUT2D eigenvalue weighted by Crippen LogP contribution is 2.32. The average Bonchev–Trinajstić information content (AvgIpc) is 3.02. The van der Waals surface area contributed by atoms with Crippen LogP contribution in [0.5, 0.6) is 5.75 Å². The number of halogens is 4. The molecule has 94 valence electrons. The Morgan fingerprint density at radius 2 is 1.94 bits per heavy atom. The molecule has 0 aromatic heterocycles. The highest BCUT2D eigenvalue weighted by atomic mass is 19.4. The van der Waals surface area contributed by atoms with Crippen LogP contribution in [0.1, 0.15) is 19.3 Å². The lowest BCUT2D eigenvalue weighted by Crippen LogP contribution is -2.35. The van der Waals surface area contributed by atoms with Crippen LogP contribution in [-0.2, 0) is 0 Å². The fourth-order valence-corrected chi connectivity index (χ4v) is 1.65. The summed E-state index contributed by atoms with van der Waals surface area (Å²) in [6.07, 6.45) is 3.02. The zero-order valence-electron chi connectivity index (χ0n) is 9.14. The molecular formula is C11H12BF4O-. The van der Waals surface area contributed by atoms with Gasteiger partial charge in [-0.15, -0.1) is 0 Å². The summed E-state index contributed by atoms with van der Waals surface area (Å²) in [4.78, 5) is 0. The van der Waals surface area contributed by atoms with Gasteiger partial charge in [-0.05, 0) is 30.5 Å². The van der Waals surface area contributed by atoms with Crippen molar-refractivity contribution in [2.75, 3.05) is 6.61 Å². The molecule has 2 rings (SSSR count). The highest BCUT2D eigenvalue weighted by Gasteiger charge is 2.30. The monoisotopic (exact) mass is 247 g/mol. The van der Waals surface area contributed by atoms with Crippen LogP contribution in [0.3, 0.4) is 0 Å². The summed E-state index contributed by atoms with van der Waals surface area (Å²) in [5.41, 5.74) is -0.985. The molecule has 0 heterocycles. The summed E-state index contributed by atoms with van der Waals surface area (Å²) in [6.45, 7) is -4.98. The second-order valence-corrected chi connectivity index (χ2v) is 4.34. The van der Waals surface area contributed by atoms with E-state index < -0.39 is 18.3 Å². The second-order valence-electron chi connectivity index (χ2n) is 4.34. The van der Waals surface area contributed by atoms with E-state index in [-0.39, 0.29) is 12.4 Å². The van der Waals surface area contributed by atoms with Crippen molar-refractivity contribution in [3.63, 3.8) is 0 Å². The molecule has 0 unspecified atom stereocenters. The molecule has 0 amide bonds. The van der Waals surface area contributed by atoms with E-state index in [1.54, 1.807) is 0 Å².